The van der Waals surface area contributed by atoms with E-state index in [1.165, 1.54) is 11.6 Å². The van der Waals surface area contributed by atoms with Gasteiger partial charge in [0.25, 0.3) is 5.56 Å². The average Bonchev–Trinajstić information content (AvgIpc) is 2.79. The molecule has 0 unspecified atom stereocenters. The van der Waals surface area contributed by atoms with Gasteiger partial charge in [-0.25, -0.2) is 4.79 Å². The maximum Gasteiger partial charge on any atom is 0.330 e. The van der Waals surface area contributed by atoms with Crippen LogP contribution in [0.15, 0.2) is 28.0 Å². The van der Waals surface area contributed by atoms with E-state index >= 15 is 0 Å². The summed E-state index contributed by atoms with van der Waals surface area (Å²) in [6.45, 7) is 0.976. The highest BCUT2D eigenvalue weighted by atomic mass is 16.2. The molecule has 102 valence electrons. The summed E-state index contributed by atoms with van der Waals surface area (Å²) in [5.74, 6) is 0. The van der Waals surface area contributed by atoms with E-state index in [0.29, 0.717) is 18.7 Å². The van der Waals surface area contributed by atoms with Crippen molar-refractivity contribution in [2.24, 2.45) is 21.1 Å². The molecule has 0 spiro atoms. The molecular formula is C12H17N5O2. The Morgan fingerprint density at radius 3 is 2.58 bits per heavy atom. The lowest BCUT2D eigenvalue weighted by atomic mass is 10.3. The van der Waals surface area contributed by atoms with Gasteiger partial charge in [0.05, 0.1) is 5.69 Å². The molecule has 7 heteroatoms. The van der Waals surface area contributed by atoms with E-state index < -0.39 is 0 Å². The van der Waals surface area contributed by atoms with Crippen LogP contribution in [-0.2, 0) is 34.2 Å². The van der Waals surface area contributed by atoms with Crippen molar-refractivity contribution in [3.8, 4) is 0 Å². The fraction of sp³-hybridized carbons (Fsp3) is 0.417. The molecule has 19 heavy (non-hydrogen) atoms. The van der Waals surface area contributed by atoms with Crippen LogP contribution >= 0.6 is 0 Å². The van der Waals surface area contributed by atoms with Gasteiger partial charge >= 0.3 is 5.69 Å². The maximum absolute atomic E-state index is 11.9. The number of aryl methyl sites for hydroxylation is 2. The SMILES string of the molecule is Cn1ccc(CNCc2cn(C)c(=O)n(C)c2=O)n1. The first-order chi connectivity index (χ1) is 8.99. The van der Waals surface area contributed by atoms with E-state index in [1.54, 1.807) is 17.9 Å². The number of hydrogen-bond donors (Lipinski definition) is 1. The molecule has 0 aliphatic rings. The van der Waals surface area contributed by atoms with Crippen LogP contribution in [0.4, 0.5) is 0 Å². The van der Waals surface area contributed by atoms with E-state index in [2.05, 4.69) is 10.4 Å². The van der Waals surface area contributed by atoms with Crippen LogP contribution in [0.3, 0.4) is 0 Å². The Morgan fingerprint density at radius 1 is 1.21 bits per heavy atom. The Balaban J connectivity index is 2.08. The number of hydrogen-bond acceptors (Lipinski definition) is 4. The van der Waals surface area contributed by atoms with Gasteiger partial charge in [-0.1, -0.05) is 0 Å². The number of aromatic nitrogens is 4. The summed E-state index contributed by atoms with van der Waals surface area (Å²) in [5.41, 5.74) is 0.875. The molecule has 1 N–H and O–H groups in total. The highest BCUT2D eigenvalue weighted by molar-refractivity contribution is 5.06. The zero-order chi connectivity index (χ0) is 14.0. The zero-order valence-corrected chi connectivity index (χ0v) is 11.3. The first-order valence-electron chi connectivity index (χ1n) is 5.94. The predicted octanol–water partition coefficient (Wildman–Crippen LogP) is -0.893. The molecular weight excluding hydrogens is 246 g/mol. The summed E-state index contributed by atoms with van der Waals surface area (Å²) in [6, 6.07) is 1.91. The lowest BCUT2D eigenvalue weighted by Crippen LogP contribution is -2.39. The Morgan fingerprint density at radius 2 is 1.95 bits per heavy atom. The molecule has 0 radical (unpaired) electrons. The molecule has 0 amide bonds. The highest BCUT2D eigenvalue weighted by Crippen LogP contribution is 1.94. The molecule has 0 aliphatic carbocycles. The van der Waals surface area contributed by atoms with Gasteiger partial charge in [0.15, 0.2) is 0 Å². The van der Waals surface area contributed by atoms with Crippen LogP contribution in [0.25, 0.3) is 0 Å². The largest absolute Gasteiger partial charge is 0.330 e. The standard InChI is InChI=1S/C12H17N5O2/c1-15-8-9(11(18)17(3)12(15)19)6-13-7-10-4-5-16(2)14-10/h4-5,8,13H,6-7H2,1-3H3. The lowest BCUT2D eigenvalue weighted by Gasteiger charge is -2.07. The summed E-state index contributed by atoms with van der Waals surface area (Å²) in [6.07, 6.45) is 3.43. The van der Waals surface area contributed by atoms with Crippen molar-refractivity contribution in [1.82, 2.24) is 24.2 Å². The van der Waals surface area contributed by atoms with Gasteiger partial charge in [-0.2, -0.15) is 5.10 Å². The molecule has 2 rings (SSSR count). The molecule has 0 aromatic carbocycles. The van der Waals surface area contributed by atoms with Crippen molar-refractivity contribution in [1.29, 1.82) is 0 Å². The van der Waals surface area contributed by atoms with Crippen molar-refractivity contribution < 1.29 is 0 Å². The molecule has 2 heterocycles. The third kappa shape index (κ3) is 2.82. The second-order valence-electron chi connectivity index (χ2n) is 4.50. The normalized spacial score (nSPS) is 10.9. The van der Waals surface area contributed by atoms with Gasteiger partial charge in [-0.3, -0.25) is 14.0 Å². The van der Waals surface area contributed by atoms with Crippen LogP contribution in [-0.4, -0.2) is 18.9 Å². The summed E-state index contributed by atoms with van der Waals surface area (Å²) < 4.78 is 4.24. The van der Waals surface area contributed by atoms with Crippen LogP contribution in [0.5, 0.6) is 0 Å². The molecule has 7 nitrogen and oxygen atoms in total. The second kappa shape index (κ2) is 5.23. The van der Waals surface area contributed by atoms with Gasteiger partial charge in [0.2, 0.25) is 0 Å². The molecule has 0 fully saturated rings. The minimum absolute atomic E-state index is 0.267. The Hall–Kier alpha value is -2.15. The number of nitrogens with zero attached hydrogens (tertiary/aromatic N) is 4. The fourth-order valence-corrected chi connectivity index (χ4v) is 1.89. The van der Waals surface area contributed by atoms with Gasteiger partial charge in [-0.05, 0) is 6.07 Å². The molecule has 2 aromatic rings. The second-order valence-corrected chi connectivity index (χ2v) is 4.50. The monoisotopic (exact) mass is 263 g/mol. The smallest absolute Gasteiger partial charge is 0.307 e. The van der Waals surface area contributed by atoms with E-state index in [-0.39, 0.29) is 11.2 Å². The fourth-order valence-electron chi connectivity index (χ4n) is 1.89. The number of rotatable bonds is 4. The Bertz CT molecular complexity index is 695. The summed E-state index contributed by atoms with van der Waals surface area (Å²) >= 11 is 0. The first-order valence-corrected chi connectivity index (χ1v) is 5.94. The molecule has 2 aromatic heterocycles. The van der Waals surface area contributed by atoms with Gasteiger partial charge in [-0.15, -0.1) is 0 Å². The minimum Gasteiger partial charge on any atom is -0.307 e. The van der Waals surface area contributed by atoms with Crippen molar-refractivity contribution in [3.05, 3.63) is 50.6 Å². The van der Waals surface area contributed by atoms with Gasteiger partial charge < -0.3 is 9.88 Å². The highest BCUT2D eigenvalue weighted by Gasteiger charge is 2.06. The van der Waals surface area contributed by atoms with E-state index in [4.69, 9.17) is 0 Å². The Labute approximate surface area is 110 Å². The van der Waals surface area contributed by atoms with Gasteiger partial charge in [0, 0.05) is 52.2 Å². The third-order valence-corrected chi connectivity index (χ3v) is 2.91. The number of nitrogens with one attached hydrogen (secondary N) is 1. The van der Waals surface area contributed by atoms with E-state index in [9.17, 15) is 9.59 Å². The van der Waals surface area contributed by atoms with Crippen molar-refractivity contribution in [2.45, 2.75) is 13.1 Å². The summed E-state index contributed by atoms with van der Waals surface area (Å²) in [7, 11) is 4.96. The first kappa shape index (κ1) is 13.3. The Kier molecular flexibility index (Phi) is 3.66. The van der Waals surface area contributed by atoms with Crippen LogP contribution in [0.1, 0.15) is 11.3 Å². The summed E-state index contributed by atoms with van der Waals surface area (Å²) in [4.78, 5) is 23.4. The van der Waals surface area contributed by atoms with Crippen LogP contribution < -0.4 is 16.6 Å². The molecule has 0 aliphatic heterocycles. The molecule has 0 saturated carbocycles. The average molecular weight is 263 g/mol. The van der Waals surface area contributed by atoms with Crippen LogP contribution in [0, 0.1) is 0 Å². The topological polar surface area (TPSA) is 73.8 Å². The zero-order valence-electron chi connectivity index (χ0n) is 11.3. The maximum atomic E-state index is 11.9. The molecule has 0 bridgehead atoms. The predicted molar refractivity (Wildman–Crippen MR) is 70.7 cm³/mol. The lowest BCUT2D eigenvalue weighted by molar-refractivity contribution is 0.619. The van der Waals surface area contributed by atoms with E-state index in [0.717, 1.165) is 10.3 Å². The molecule has 0 atom stereocenters. The van der Waals surface area contributed by atoms with Crippen molar-refractivity contribution >= 4 is 0 Å². The summed E-state index contributed by atoms with van der Waals surface area (Å²) in [5, 5.41) is 7.37. The third-order valence-electron chi connectivity index (χ3n) is 2.91. The quantitative estimate of drug-likeness (QED) is 0.776. The molecule has 0 saturated heterocycles. The van der Waals surface area contributed by atoms with E-state index in [1.807, 2.05) is 19.3 Å². The van der Waals surface area contributed by atoms with Gasteiger partial charge in [0.1, 0.15) is 0 Å². The van der Waals surface area contributed by atoms with Crippen molar-refractivity contribution in [2.75, 3.05) is 0 Å². The van der Waals surface area contributed by atoms with Crippen LogP contribution in [0.2, 0.25) is 0 Å². The van der Waals surface area contributed by atoms with Crippen molar-refractivity contribution in [3.63, 3.8) is 0 Å². The minimum atomic E-state index is -0.321.